The van der Waals surface area contributed by atoms with Crippen molar-refractivity contribution in [2.75, 3.05) is 22.3 Å². The monoisotopic (exact) mass is 486 g/mol. The van der Waals surface area contributed by atoms with Crippen molar-refractivity contribution in [3.05, 3.63) is 52.8 Å². The van der Waals surface area contributed by atoms with E-state index in [2.05, 4.69) is 41.5 Å². The van der Waals surface area contributed by atoms with Crippen LogP contribution in [0.15, 0.2) is 47.1 Å². The summed E-state index contributed by atoms with van der Waals surface area (Å²) in [5, 5.41) is 18.2. The fraction of sp³-hybridized carbons (Fsp3) is 0.318. The SMILES string of the molecule is CCCON(c1ccc(O)c(NC(C)C)c1)c1ncc(Br)c(Nc2cccc(C)n2)n1. The molecule has 0 bridgehead atoms. The van der Waals surface area contributed by atoms with Crippen LogP contribution in [0.5, 0.6) is 5.75 Å². The fourth-order valence-corrected chi connectivity index (χ4v) is 3.07. The topological polar surface area (TPSA) is 95.4 Å². The molecular formula is C22H27BrN6O2. The number of phenols is 1. The molecule has 3 N–H and O–H groups in total. The van der Waals surface area contributed by atoms with Crippen molar-refractivity contribution in [3.8, 4) is 5.75 Å². The lowest BCUT2D eigenvalue weighted by molar-refractivity contribution is 0.133. The molecule has 0 radical (unpaired) electrons. The average Bonchev–Trinajstić information content (AvgIpc) is 2.72. The van der Waals surface area contributed by atoms with E-state index in [1.807, 2.05) is 52.0 Å². The lowest BCUT2D eigenvalue weighted by Gasteiger charge is -2.23. The molecule has 164 valence electrons. The number of hydrogen-bond donors (Lipinski definition) is 3. The van der Waals surface area contributed by atoms with Gasteiger partial charge in [-0.25, -0.2) is 9.97 Å². The number of nitrogens with one attached hydrogen (secondary N) is 2. The maximum atomic E-state index is 10.2. The van der Waals surface area contributed by atoms with Gasteiger partial charge in [0.25, 0.3) is 5.95 Å². The second kappa shape index (κ2) is 10.4. The minimum Gasteiger partial charge on any atom is -0.506 e. The predicted molar refractivity (Wildman–Crippen MR) is 127 cm³/mol. The summed E-state index contributed by atoms with van der Waals surface area (Å²) in [6, 6.07) is 11.1. The number of halogens is 1. The first kappa shape index (κ1) is 22.8. The molecule has 2 heterocycles. The number of phenolic OH excluding ortho intramolecular Hbond substituents is 1. The van der Waals surface area contributed by atoms with Gasteiger partial charge in [0.05, 0.1) is 22.5 Å². The number of benzene rings is 1. The molecule has 31 heavy (non-hydrogen) atoms. The van der Waals surface area contributed by atoms with E-state index in [4.69, 9.17) is 4.84 Å². The Morgan fingerprint density at radius 3 is 2.71 bits per heavy atom. The summed E-state index contributed by atoms with van der Waals surface area (Å²) in [6.07, 6.45) is 2.48. The third kappa shape index (κ3) is 6.05. The number of aromatic hydroxyl groups is 1. The van der Waals surface area contributed by atoms with Gasteiger partial charge in [-0.1, -0.05) is 13.0 Å². The molecule has 3 aromatic rings. The molecule has 0 spiro atoms. The Morgan fingerprint density at radius 1 is 1.19 bits per heavy atom. The minimum atomic E-state index is 0.160. The summed E-state index contributed by atoms with van der Waals surface area (Å²) in [4.78, 5) is 19.5. The molecule has 0 atom stereocenters. The Balaban J connectivity index is 1.97. The normalized spacial score (nSPS) is 10.9. The van der Waals surface area contributed by atoms with Crippen LogP contribution in [0.1, 0.15) is 32.9 Å². The lowest BCUT2D eigenvalue weighted by atomic mass is 10.2. The van der Waals surface area contributed by atoms with Crippen molar-refractivity contribution in [1.29, 1.82) is 0 Å². The zero-order valence-corrected chi connectivity index (χ0v) is 19.6. The second-order valence-electron chi connectivity index (χ2n) is 7.28. The van der Waals surface area contributed by atoms with Gasteiger partial charge in [-0.3, -0.25) is 4.84 Å². The predicted octanol–water partition coefficient (Wildman–Crippen LogP) is 5.69. The molecule has 0 amide bonds. The van der Waals surface area contributed by atoms with Gasteiger partial charge in [-0.2, -0.15) is 10.0 Å². The number of rotatable bonds is 9. The van der Waals surface area contributed by atoms with E-state index in [-0.39, 0.29) is 11.8 Å². The van der Waals surface area contributed by atoms with Gasteiger partial charge >= 0.3 is 0 Å². The standard InChI is InChI=1S/C22H27BrN6O2/c1-5-11-31-29(16-9-10-19(30)18(12-16)25-14(2)3)22-24-13-17(23)21(28-22)27-20-8-6-7-15(4)26-20/h6-10,12-14,25,30H,5,11H2,1-4H3,(H,24,26,27,28). The van der Waals surface area contributed by atoms with Crippen LogP contribution in [0.25, 0.3) is 0 Å². The molecule has 8 nitrogen and oxygen atoms in total. The van der Waals surface area contributed by atoms with E-state index < -0.39 is 0 Å². The fourth-order valence-electron chi connectivity index (χ4n) is 2.78. The summed E-state index contributed by atoms with van der Waals surface area (Å²) < 4.78 is 0.697. The van der Waals surface area contributed by atoms with Crippen molar-refractivity contribution in [3.63, 3.8) is 0 Å². The van der Waals surface area contributed by atoms with Gasteiger partial charge in [0.2, 0.25) is 0 Å². The highest BCUT2D eigenvalue weighted by Crippen LogP contribution is 2.33. The van der Waals surface area contributed by atoms with Crippen LogP contribution >= 0.6 is 15.9 Å². The molecule has 9 heteroatoms. The van der Waals surface area contributed by atoms with E-state index in [0.717, 1.165) is 12.1 Å². The molecule has 0 aliphatic heterocycles. The van der Waals surface area contributed by atoms with Crippen molar-refractivity contribution in [2.45, 2.75) is 40.2 Å². The highest BCUT2D eigenvalue weighted by Gasteiger charge is 2.18. The molecule has 0 fully saturated rings. The van der Waals surface area contributed by atoms with E-state index in [0.29, 0.717) is 40.0 Å². The Kier molecular flexibility index (Phi) is 7.64. The summed E-state index contributed by atoms with van der Waals surface area (Å²) in [7, 11) is 0. The Bertz CT molecular complexity index is 1030. The average molecular weight is 487 g/mol. The molecule has 0 saturated heterocycles. The summed E-state index contributed by atoms with van der Waals surface area (Å²) in [6.45, 7) is 8.45. The van der Waals surface area contributed by atoms with Gasteiger partial charge in [0, 0.05) is 17.9 Å². The molecule has 3 rings (SSSR count). The van der Waals surface area contributed by atoms with Gasteiger partial charge in [0.15, 0.2) is 5.82 Å². The number of nitrogens with zero attached hydrogens (tertiary/aromatic N) is 4. The highest BCUT2D eigenvalue weighted by atomic mass is 79.9. The number of aromatic nitrogens is 3. The number of hydrogen-bond acceptors (Lipinski definition) is 8. The van der Waals surface area contributed by atoms with Gasteiger partial charge < -0.3 is 15.7 Å². The maximum Gasteiger partial charge on any atom is 0.256 e. The highest BCUT2D eigenvalue weighted by molar-refractivity contribution is 9.10. The number of anilines is 5. The quantitative estimate of drug-likeness (QED) is 0.262. The second-order valence-corrected chi connectivity index (χ2v) is 8.14. The van der Waals surface area contributed by atoms with Crippen LogP contribution in [-0.4, -0.2) is 32.7 Å². The maximum absolute atomic E-state index is 10.2. The van der Waals surface area contributed by atoms with Crippen molar-refractivity contribution in [1.82, 2.24) is 15.0 Å². The zero-order chi connectivity index (χ0) is 22.4. The smallest absolute Gasteiger partial charge is 0.256 e. The molecule has 0 aliphatic carbocycles. The molecule has 0 unspecified atom stereocenters. The molecule has 0 aliphatic rings. The Morgan fingerprint density at radius 2 is 2.00 bits per heavy atom. The number of pyridine rings is 1. The molecular weight excluding hydrogens is 460 g/mol. The van der Waals surface area contributed by atoms with Gasteiger partial charge in [-0.15, -0.1) is 0 Å². The van der Waals surface area contributed by atoms with Crippen molar-refractivity contribution >= 4 is 44.9 Å². The van der Waals surface area contributed by atoms with Crippen LogP contribution in [0.2, 0.25) is 0 Å². The van der Waals surface area contributed by atoms with Crippen molar-refractivity contribution < 1.29 is 9.94 Å². The lowest BCUT2D eigenvalue weighted by Crippen LogP contribution is -2.21. The first-order chi connectivity index (χ1) is 14.9. The minimum absolute atomic E-state index is 0.160. The first-order valence-electron chi connectivity index (χ1n) is 10.1. The molecule has 0 saturated carbocycles. The summed E-state index contributed by atoms with van der Waals surface area (Å²) in [5.41, 5.74) is 2.20. The van der Waals surface area contributed by atoms with Crippen LogP contribution in [0.4, 0.5) is 29.0 Å². The third-order valence-electron chi connectivity index (χ3n) is 4.13. The number of aryl methyl sites for hydroxylation is 1. The first-order valence-corrected chi connectivity index (χ1v) is 10.9. The summed E-state index contributed by atoms with van der Waals surface area (Å²) in [5.74, 6) is 1.76. The Labute approximate surface area is 190 Å². The van der Waals surface area contributed by atoms with E-state index in [1.54, 1.807) is 23.4 Å². The van der Waals surface area contributed by atoms with Crippen LogP contribution < -0.4 is 15.7 Å². The third-order valence-corrected chi connectivity index (χ3v) is 4.71. The van der Waals surface area contributed by atoms with E-state index in [1.165, 1.54) is 0 Å². The van der Waals surface area contributed by atoms with Crippen molar-refractivity contribution in [2.24, 2.45) is 0 Å². The van der Waals surface area contributed by atoms with Crippen LogP contribution in [-0.2, 0) is 4.84 Å². The Hall–Kier alpha value is -2.91. The molecule has 2 aromatic heterocycles. The summed E-state index contributed by atoms with van der Waals surface area (Å²) >= 11 is 3.50. The largest absolute Gasteiger partial charge is 0.506 e. The van der Waals surface area contributed by atoms with Gasteiger partial charge in [-0.05, 0) is 73.5 Å². The van der Waals surface area contributed by atoms with Crippen LogP contribution in [0, 0.1) is 6.92 Å². The molecule has 1 aromatic carbocycles. The van der Waals surface area contributed by atoms with E-state index >= 15 is 0 Å². The van der Waals surface area contributed by atoms with Gasteiger partial charge in [0.1, 0.15) is 11.6 Å². The van der Waals surface area contributed by atoms with Crippen LogP contribution in [0.3, 0.4) is 0 Å². The van der Waals surface area contributed by atoms with E-state index in [9.17, 15) is 5.11 Å². The zero-order valence-electron chi connectivity index (χ0n) is 18.1.